The molecule has 0 saturated carbocycles. The van der Waals surface area contributed by atoms with Crippen LogP contribution in [0.4, 0.5) is 5.69 Å². The third-order valence-corrected chi connectivity index (χ3v) is 1.92. The minimum Gasteiger partial charge on any atom is -0.497 e. The van der Waals surface area contributed by atoms with Crippen molar-refractivity contribution >= 4 is 29.5 Å². The van der Waals surface area contributed by atoms with E-state index in [9.17, 15) is 4.79 Å². The summed E-state index contributed by atoms with van der Waals surface area (Å²) in [6, 6.07) is 8.91. The quantitative estimate of drug-likeness (QED) is 0.569. The smallest absolute Gasteiger partial charge is 0.434 e. The first-order valence-corrected chi connectivity index (χ1v) is 4.50. The van der Waals surface area contributed by atoms with Gasteiger partial charge in [-0.2, -0.15) is 4.99 Å². The van der Waals surface area contributed by atoms with Gasteiger partial charge in [-0.05, 0) is 17.1 Å². The van der Waals surface area contributed by atoms with Crippen LogP contribution in [0.5, 0.6) is 0 Å². The lowest BCUT2D eigenvalue weighted by Gasteiger charge is -2.01. The van der Waals surface area contributed by atoms with Crippen LogP contribution in [0.15, 0.2) is 40.3 Å². The van der Waals surface area contributed by atoms with E-state index in [1.54, 1.807) is 24.3 Å². The molecule has 0 unspecified atom stereocenters. The molecule has 0 bridgehead atoms. The van der Waals surface area contributed by atoms with Gasteiger partial charge in [0, 0.05) is 5.69 Å². The molecule has 1 aromatic rings. The van der Waals surface area contributed by atoms with Gasteiger partial charge < -0.3 is 15.6 Å². The average Bonchev–Trinajstić information content (AvgIpc) is 2.78. The number of hydrogen-bond donors (Lipinski definition) is 1. The van der Waals surface area contributed by atoms with E-state index >= 15 is 0 Å². The topological polar surface area (TPSA) is 90.2 Å². The van der Waals surface area contributed by atoms with Crippen LogP contribution < -0.4 is 5.32 Å². The van der Waals surface area contributed by atoms with Gasteiger partial charge in [-0.15, -0.1) is 0 Å². The molecule has 1 aromatic carbocycles. The summed E-state index contributed by atoms with van der Waals surface area (Å²) in [7, 11) is 0. The highest BCUT2D eigenvalue weighted by atomic mass is 16.2. The molecule has 16 heavy (non-hydrogen) atoms. The number of carbonyl (C=O) groups is 1. The molecule has 0 atom stereocenters. The van der Waals surface area contributed by atoms with E-state index in [1.807, 2.05) is 6.07 Å². The number of para-hydroxylation sites is 1. The zero-order valence-electron chi connectivity index (χ0n) is 8.16. The number of rotatable bonds is 2. The Morgan fingerprint density at radius 3 is 2.75 bits per heavy atom. The lowest BCUT2D eigenvalue weighted by molar-refractivity contribution is -0.110. The maximum Gasteiger partial charge on any atom is 0.434 e. The first-order chi connectivity index (χ1) is 7.81. The van der Waals surface area contributed by atoms with Crippen LogP contribution in [0.1, 0.15) is 0 Å². The molecule has 2 rings (SSSR count). The number of nitrogens with one attached hydrogen (secondary N) is 1. The number of amides is 1. The van der Waals surface area contributed by atoms with E-state index in [0.717, 1.165) is 6.34 Å². The van der Waals surface area contributed by atoms with Crippen molar-refractivity contribution in [2.24, 2.45) is 9.98 Å². The van der Waals surface area contributed by atoms with Crippen molar-refractivity contribution in [1.82, 2.24) is 0 Å². The van der Waals surface area contributed by atoms with Crippen LogP contribution in [-0.2, 0) is 4.79 Å². The van der Waals surface area contributed by atoms with Gasteiger partial charge in [0.05, 0.1) is 0 Å². The molecule has 1 aliphatic heterocycles. The molecule has 1 N–H and O–H groups in total. The number of benzene rings is 1. The summed E-state index contributed by atoms with van der Waals surface area (Å²) in [6.45, 7) is 0. The highest BCUT2D eigenvalue weighted by Gasteiger charge is 2.28. The molecule has 6 nitrogen and oxygen atoms in total. The highest BCUT2D eigenvalue weighted by Crippen LogP contribution is 2.05. The zero-order chi connectivity index (χ0) is 11.4. The van der Waals surface area contributed by atoms with Crippen LogP contribution in [0, 0.1) is 0 Å². The molecular weight excluding hydrogens is 206 g/mol. The maximum atomic E-state index is 11.7. The summed E-state index contributed by atoms with van der Waals surface area (Å²) in [6.07, 6.45) is 1.16. The standard InChI is InChI=1S/C10H7N5O/c11-15-9-8(12-6-13-9)10(16)14-7-4-2-1-3-5-7/h1-6H,(H,14,16). The number of amidine groups is 1. The lowest BCUT2D eigenvalue weighted by atomic mass is 10.3. The molecule has 0 saturated heterocycles. The first kappa shape index (κ1) is 9.95. The minimum atomic E-state index is -0.462. The van der Waals surface area contributed by atoms with Crippen molar-refractivity contribution in [1.29, 1.82) is 0 Å². The van der Waals surface area contributed by atoms with Crippen molar-refractivity contribution in [3.05, 3.63) is 35.9 Å². The number of aliphatic imine (C=N–C) groups is 2. The van der Waals surface area contributed by atoms with Crippen LogP contribution >= 0.6 is 0 Å². The van der Waals surface area contributed by atoms with Crippen molar-refractivity contribution in [3.8, 4) is 0 Å². The SMILES string of the molecule is [N-]=[N+]=C1N=CN=C1C(=O)Nc1ccccc1. The Morgan fingerprint density at radius 2 is 2.06 bits per heavy atom. The number of nitrogens with zero attached hydrogens (tertiary/aromatic N) is 4. The van der Waals surface area contributed by atoms with Crippen LogP contribution in [-0.4, -0.2) is 28.6 Å². The van der Waals surface area contributed by atoms with E-state index in [1.165, 1.54) is 0 Å². The monoisotopic (exact) mass is 213 g/mol. The molecule has 0 aromatic heterocycles. The number of anilines is 1. The fourth-order valence-electron chi connectivity index (χ4n) is 1.21. The second-order valence-corrected chi connectivity index (χ2v) is 2.97. The first-order valence-electron chi connectivity index (χ1n) is 4.50. The Morgan fingerprint density at radius 1 is 1.31 bits per heavy atom. The van der Waals surface area contributed by atoms with Gasteiger partial charge in [-0.25, -0.2) is 0 Å². The number of carbonyl (C=O) groups excluding carboxylic acids is 1. The van der Waals surface area contributed by atoms with Crippen molar-refractivity contribution < 1.29 is 9.58 Å². The van der Waals surface area contributed by atoms with Gasteiger partial charge in [0.25, 0.3) is 5.91 Å². The van der Waals surface area contributed by atoms with Gasteiger partial charge in [-0.3, -0.25) is 4.79 Å². The third-order valence-electron chi connectivity index (χ3n) is 1.92. The molecule has 0 fully saturated rings. The molecular formula is C10H7N5O. The minimum absolute atomic E-state index is 0.00801. The Labute approximate surface area is 91.0 Å². The fraction of sp³-hybridized carbons (Fsp3) is 0. The predicted octanol–water partition coefficient (Wildman–Crippen LogP) is 0.736. The maximum absolute atomic E-state index is 11.7. The number of hydrogen-bond acceptors (Lipinski definition) is 2. The Hall–Kier alpha value is -2.59. The summed E-state index contributed by atoms with van der Waals surface area (Å²) in [5, 5.41) is 2.61. The fourth-order valence-corrected chi connectivity index (χ4v) is 1.21. The summed E-state index contributed by atoms with van der Waals surface area (Å²) in [5.41, 5.74) is 9.20. The summed E-state index contributed by atoms with van der Waals surface area (Å²) >= 11 is 0. The normalized spacial score (nSPS) is 13.2. The van der Waals surface area contributed by atoms with E-state index in [-0.39, 0.29) is 11.5 Å². The van der Waals surface area contributed by atoms with Gasteiger partial charge in [0.15, 0.2) is 0 Å². The van der Waals surface area contributed by atoms with E-state index in [0.29, 0.717) is 5.69 Å². The molecule has 0 radical (unpaired) electrons. The van der Waals surface area contributed by atoms with E-state index < -0.39 is 5.91 Å². The van der Waals surface area contributed by atoms with E-state index in [2.05, 4.69) is 20.1 Å². The molecule has 78 valence electrons. The van der Waals surface area contributed by atoms with Gasteiger partial charge in [-0.1, -0.05) is 18.2 Å². The van der Waals surface area contributed by atoms with E-state index in [4.69, 9.17) is 5.53 Å². The largest absolute Gasteiger partial charge is 0.497 e. The summed E-state index contributed by atoms with van der Waals surface area (Å²) in [4.78, 5) is 21.8. The third kappa shape index (κ3) is 1.92. The van der Waals surface area contributed by atoms with Crippen molar-refractivity contribution in [2.45, 2.75) is 0 Å². The van der Waals surface area contributed by atoms with Gasteiger partial charge >= 0.3 is 5.84 Å². The van der Waals surface area contributed by atoms with Crippen molar-refractivity contribution in [2.75, 3.05) is 5.32 Å². The van der Waals surface area contributed by atoms with Crippen LogP contribution in [0.25, 0.3) is 5.53 Å². The predicted molar refractivity (Wildman–Crippen MR) is 59.6 cm³/mol. The molecule has 6 heteroatoms. The zero-order valence-corrected chi connectivity index (χ0v) is 8.16. The Bertz CT molecular complexity index is 525. The van der Waals surface area contributed by atoms with Gasteiger partial charge in [0.2, 0.25) is 12.1 Å². The van der Waals surface area contributed by atoms with Crippen LogP contribution in [0.2, 0.25) is 0 Å². The highest BCUT2D eigenvalue weighted by molar-refractivity contribution is 6.69. The molecule has 0 aliphatic carbocycles. The van der Waals surface area contributed by atoms with Crippen molar-refractivity contribution in [3.63, 3.8) is 0 Å². The second-order valence-electron chi connectivity index (χ2n) is 2.97. The Balaban J connectivity index is 2.14. The van der Waals surface area contributed by atoms with Gasteiger partial charge in [0.1, 0.15) is 0 Å². The Kier molecular flexibility index (Phi) is 2.67. The molecule has 1 aliphatic rings. The molecule has 1 amide bonds. The summed E-state index contributed by atoms with van der Waals surface area (Å²) < 4.78 is 0. The molecule has 1 heterocycles. The molecule has 0 spiro atoms. The average molecular weight is 213 g/mol. The lowest BCUT2D eigenvalue weighted by Crippen LogP contribution is -2.27. The summed E-state index contributed by atoms with van der Waals surface area (Å²) in [5.74, 6) is -0.551. The second kappa shape index (κ2) is 4.29. The van der Waals surface area contributed by atoms with Crippen LogP contribution in [0.3, 0.4) is 0 Å².